The van der Waals surface area contributed by atoms with E-state index < -0.39 is 0 Å². The largest absolute Gasteiger partial charge is 0.496 e. The third-order valence-corrected chi connectivity index (χ3v) is 4.48. The lowest BCUT2D eigenvalue weighted by Gasteiger charge is -2.19. The van der Waals surface area contributed by atoms with Gasteiger partial charge in [-0.2, -0.15) is 0 Å². The highest BCUT2D eigenvalue weighted by Gasteiger charge is 2.21. The minimum Gasteiger partial charge on any atom is -0.496 e. The van der Waals surface area contributed by atoms with E-state index in [1.807, 2.05) is 29.2 Å². The number of carbonyl (C=O) groups is 1. The molecule has 1 aromatic carbocycles. The first kappa shape index (κ1) is 16.5. The molecule has 6 heteroatoms. The summed E-state index contributed by atoms with van der Waals surface area (Å²) in [6, 6.07) is 7.45. The van der Waals surface area contributed by atoms with Gasteiger partial charge in [0.1, 0.15) is 12.2 Å². The molecular formula is C18H23N3O3. The molecule has 24 heavy (non-hydrogen) atoms. The van der Waals surface area contributed by atoms with Crippen molar-refractivity contribution in [3.05, 3.63) is 30.2 Å². The van der Waals surface area contributed by atoms with Crippen molar-refractivity contribution < 1.29 is 13.9 Å². The molecule has 0 radical (unpaired) electrons. The topological polar surface area (TPSA) is 68.5 Å². The third-order valence-electron chi connectivity index (χ3n) is 4.48. The van der Waals surface area contributed by atoms with Gasteiger partial charge < -0.3 is 14.1 Å². The van der Waals surface area contributed by atoms with E-state index in [0.29, 0.717) is 23.4 Å². The van der Waals surface area contributed by atoms with Crippen molar-refractivity contribution in [1.82, 2.24) is 15.1 Å². The summed E-state index contributed by atoms with van der Waals surface area (Å²) < 4.78 is 11.0. The van der Waals surface area contributed by atoms with E-state index in [0.717, 1.165) is 31.5 Å². The zero-order valence-electron chi connectivity index (χ0n) is 14.2. The normalized spacial score (nSPS) is 18.2. The number of hydrogen-bond acceptors (Lipinski definition) is 5. The van der Waals surface area contributed by atoms with Crippen LogP contribution in [0.3, 0.4) is 0 Å². The highest BCUT2D eigenvalue weighted by atomic mass is 16.5. The summed E-state index contributed by atoms with van der Waals surface area (Å²) in [6.45, 7) is 3.87. The Labute approximate surface area is 141 Å². The quantitative estimate of drug-likeness (QED) is 0.862. The zero-order chi connectivity index (χ0) is 16.9. The fourth-order valence-corrected chi connectivity index (χ4v) is 3.01. The van der Waals surface area contributed by atoms with Crippen LogP contribution in [0.2, 0.25) is 0 Å². The lowest BCUT2D eigenvalue weighted by molar-refractivity contribution is -0.130. The van der Waals surface area contributed by atoms with Gasteiger partial charge in [0.2, 0.25) is 11.8 Å². The Hall–Kier alpha value is -2.37. The zero-order valence-corrected chi connectivity index (χ0v) is 14.2. The number of hydrogen-bond donors (Lipinski definition) is 0. The second-order valence-electron chi connectivity index (χ2n) is 6.29. The maximum absolute atomic E-state index is 12.5. The van der Waals surface area contributed by atoms with E-state index >= 15 is 0 Å². The summed E-state index contributed by atoms with van der Waals surface area (Å²) in [7, 11) is 1.60. The van der Waals surface area contributed by atoms with E-state index in [2.05, 4.69) is 17.1 Å². The lowest BCUT2D eigenvalue weighted by atomic mass is 10.0. The predicted molar refractivity (Wildman–Crippen MR) is 89.6 cm³/mol. The van der Waals surface area contributed by atoms with Gasteiger partial charge >= 0.3 is 0 Å². The minimum atomic E-state index is 0.0549. The van der Waals surface area contributed by atoms with Crippen LogP contribution in [0.15, 0.2) is 28.7 Å². The molecule has 6 nitrogen and oxygen atoms in total. The summed E-state index contributed by atoms with van der Waals surface area (Å²) in [5.41, 5.74) is 0.731. The lowest BCUT2D eigenvalue weighted by Crippen LogP contribution is -2.33. The molecule has 1 unspecified atom stereocenters. The summed E-state index contributed by atoms with van der Waals surface area (Å²) in [6.07, 6.45) is 3.45. The number of para-hydroxylation sites is 1. The van der Waals surface area contributed by atoms with Crippen molar-refractivity contribution in [3.63, 3.8) is 0 Å². The number of ether oxygens (including phenoxy) is 1. The van der Waals surface area contributed by atoms with Gasteiger partial charge in [-0.05, 0) is 37.3 Å². The van der Waals surface area contributed by atoms with Crippen molar-refractivity contribution in [2.24, 2.45) is 5.92 Å². The van der Waals surface area contributed by atoms with Crippen LogP contribution >= 0.6 is 0 Å². The summed E-state index contributed by atoms with van der Waals surface area (Å²) >= 11 is 0. The van der Waals surface area contributed by atoms with Crippen LogP contribution in [0, 0.1) is 5.92 Å². The number of aromatic nitrogens is 2. The Kier molecular flexibility index (Phi) is 5.13. The van der Waals surface area contributed by atoms with Crippen LogP contribution in [0.1, 0.15) is 32.1 Å². The summed E-state index contributed by atoms with van der Waals surface area (Å²) in [5, 5.41) is 8.08. The molecule has 2 aromatic rings. The van der Waals surface area contributed by atoms with E-state index in [9.17, 15) is 4.79 Å². The van der Waals surface area contributed by atoms with Crippen LogP contribution in [0.4, 0.5) is 0 Å². The molecular weight excluding hydrogens is 306 g/mol. The van der Waals surface area contributed by atoms with E-state index in [1.54, 1.807) is 7.11 Å². The van der Waals surface area contributed by atoms with Gasteiger partial charge in [0.15, 0.2) is 0 Å². The number of benzene rings is 1. The smallest absolute Gasteiger partial charge is 0.251 e. The van der Waals surface area contributed by atoms with Crippen LogP contribution in [-0.4, -0.2) is 41.2 Å². The van der Waals surface area contributed by atoms with Gasteiger partial charge in [0.05, 0.1) is 12.7 Å². The molecule has 1 aliphatic heterocycles. The molecule has 0 bridgehead atoms. The van der Waals surface area contributed by atoms with Gasteiger partial charge in [0.25, 0.3) is 5.89 Å². The molecule has 1 saturated heterocycles. The molecule has 1 amide bonds. The summed E-state index contributed by atoms with van der Waals surface area (Å²) in [4.78, 5) is 14.4. The highest BCUT2D eigenvalue weighted by molar-refractivity contribution is 5.78. The molecule has 128 valence electrons. The molecule has 0 spiro atoms. The fraction of sp³-hybridized carbons (Fsp3) is 0.500. The fourth-order valence-electron chi connectivity index (χ4n) is 3.01. The van der Waals surface area contributed by atoms with Crippen LogP contribution in [-0.2, 0) is 11.2 Å². The second kappa shape index (κ2) is 7.47. The maximum Gasteiger partial charge on any atom is 0.251 e. The number of methoxy groups -OCH3 is 1. The number of rotatable bonds is 4. The van der Waals surface area contributed by atoms with Gasteiger partial charge in [-0.1, -0.05) is 19.1 Å². The molecule has 1 aromatic heterocycles. The van der Waals surface area contributed by atoms with Gasteiger partial charge in [-0.3, -0.25) is 4.79 Å². The SMILES string of the molecule is COc1ccccc1-c1nnc(CC(=O)N2CCCC(C)CC2)o1. The average Bonchev–Trinajstić information content (AvgIpc) is 2.94. The Balaban J connectivity index is 1.68. The maximum atomic E-state index is 12.5. The predicted octanol–water partition coefficient (Wildman–Crippen LogP) is 2.94. The molecule has 1 atom stereocenters. The highest BCUT2D eigenvalue weighted by Crippen LogP contribution is 2.28. The number of nitrogens with zero attached hydrogens (tertiary/aromatic N) is 3. The van der Waals surface area contributed by atoms with Crippen molar-refractivity contribution >= 4 is 5.91 Å². The van der Waals surface area contributed by atoms with Crippen molar-refractivity contribution in [3.8, 4) is 17.2 Å². The van der Waals surface area contributed by atoms with Crippen LogP contribution in [0.5, 0.6) is 5.75 Å². The van der Waals surface area contributed by atoms with Crippen molar-refractivity contribution in [2.45, 2.75) is 32.6 Å². The minimum absolute atomic E-state index is 0.0549. The van der Waals surface area contributed by atoms with E-state index in [-0.39, 0.29) is 12.3 Å². The molecule has 2 heterocycles. The average molecular weight is 329 g/mol. The first-order chi connectivity index (χ1) is 11.7. The second-order valence-corrected chi connectivity index (χ2v) is 6.29. The molecule has 0 N–H and O–H groups in total. The van der Waals surface area contributed by atoms with Crippen LogP contribution < -0.4 is 4.74 Å². The van der Waals surface area contributed by atoms with Gasteiger partial charge in [-0.25, -0.2) is 0 Å². The summed E-state index contributed by atoms with van der Waals surface area (Å²) in [5.74, 6) is 2.13. The molecule has 3 rings (SSSR count). The van der Waals surface area contributed by atoms with Gasteiger partial charge in [-0.15, -0.1) is 10.2 Å². The Morgan fingerprint density at radius 1 is 1.29 bits per heavy atom. The first-order valence-corrected chi connectivity index (χ1v) is 8.41. The number of likely N-dealkylation sites (tertiary alicyclic amines) is 1. The Morgan fingerprint density at radius 3 is 2.96 bits per heavy atom. The Bertz CT molecular complexity index is 698. The first-order valence-electron chi connectivity index (χ1n) is 8.41. The Morgan fingerprint density at radius 2 is 2.12 bits per heavy atom. The molecule has 1 aliphatic rings. The molecule has 1 fully saturated rings. The van der Waals surface area contributed by atoms with E-state index in [4.69, 9.17) is 9.15 Å². The van der Waals surface area contributed by atoms with E-state index in [1.165, 1.54) is 6.42 Å². The standard InChI is InChI=1S/C18H23N3O3/c1-13-6-5-10-21(11-9-13)17(22)12-16-19-20-18(24-16)14-7-3-4-8-15(14)23-2/h3-4,7-8,13H,5-6,9-12H2,1-2H3. The monoisotopic (exact) mass is 329 g/mol. The number of amides is 1. The molecule has 0 aliphatic carbocycles. The van der Waals surface area contributed by atoms with Crippen LogP contribution in [0.25, 0.3) is 11.5 Å². The van der Waals surface area contributed by atoms with Gasteiger partial charge in [0, 0.05) is 13.1 Å². The van der Waals surface area contributed by atoms with Crippen molar-refractivity contribution in [2.75, 3.05) is 20.2 Å². The van der Waals surface area contributed by atoms with Crippen molar-refractivity contribution in [1.29, 1.82) is 0 Å². The number of carbonyl (C=O) groups excluding carboxylic acids is 1. The third kappa shape index (κ3) is 3.75. The molecule has 0 saturated carbocycles.